The molecule has 0 saturated heterocycles. The summed E-state index contributed by atoms with van der Waals surface area (Å²) in [6.45, 7) is 0. The third-order valence-corrected chi connectivity index (χ3v) is 2.19. The lowest BCUT2D eigenvalue weighted by Crippen LogP contribution is -2.06. The number of rotatable bonds is 1. The van der Waals surface area contributed by atoms with Crippen molar-refractivity contribution in [2.24, 2.45) is 0 Å². The van der Waals surface area contributed by atoms with Crippen LogP contribution in [-0.2, 0) is 4.79 Å². The number of carbonyl (C=O) groups excluding carboxylic acids is 1. The molecule has 0 aromatic heterocycles. The van der Waals surface area contributed by atoms with Crippen LogP contribution >= 0.6 is 15.9 Å². The lowest BCUT2D eigenvalue weighted by atomic mass is 9.99. The van der Waals surface area contributed by atoms with Gasteiger partial charge in [0.15, 0.2) is 5.78 Å². The Morgan fingerprint density at radius 1 is 1.64 bits per heavy atom. The van der Waals surface area contributed by atoms with Crippen LogP contribution in [0.1, 0.15) is 6.42 Å². The molecule has 0 amide bonds. The fourth-order valence-corrected chi connectivity index (χ4v) is 1.23. The van der Waals surface area contributed by atoms with E-state index in [1.807, 2.05) is 12.1 Å². The van der Waals surface area contributed by atoms with Crippen molar-refractivity contribution in [2.45, 2.75) is 6.42 Å². The molecule has 0 aliphatic heterocycles. The van der Waals surface area contributed by atoms with Crippen LogP contribution in [0, 0.1) is 11.3 Å². The van der Waals surface area contributed by atoms with Gasteiger partial charge in [0, 0.05) is 11.8 Å². The first-order valence-corrected chi connectivity index (χ1v) is 4.29. The summed E-state index contributed by atoms with van der Waals surface area (Å²) in [5, 5.41) is 9.14. The van der Waals surface area contributed by atoms with Crippen molar-refractivity contribution in [1.82, 2.24) is 0 Å². The second-order valence-corrected chi connectivity index (χ2v) is 2.81. The van der Waals surface area contributed by atoms with Crippen LogP contribution in [0.15, 0.2) is 23.3 Å². The zero-order valence-electron chi connectivity index (χ0n) is 5.80. The highest BCUT2D eigenvalue weighted by Gasteiger charge is 2.13. The summed E-state index contributed by atoms with van der Waals surface area (Å²) in [5.41, 5.74) is 1.28. The predicted octanol–water partition coefficient (Wildman–Crippen LogP) is 1.73. The number of nitriles is 1. The monoisotopic (exact) mass is 211 g/mol. The van der Waals surface area contributed by atoms with Crippen molar-refractivity contribution in [3.63, 3.8) is 0 Å². The van der Waals surface area contributed by atoms with Crippen LogP contribution in [0.5, 0.6) is 0 Å². The van der Waals surface area contributed by atoms with Crippen LogP contribution < -0.4 is 0 Å². The summed E-state index contributed by atoms with van der Waals surface area (Å²) in [6, 6.07) is 1.85. The Bertz CT molecular complexity index is 283. The quantitative estimate of drug-likeness (QED) is 0.621. The number of nitrogens with zero attached hydrogens (tertiary/aromatic N) is 1. The highest BCUT2D eigenvalue weighted by Crippen LogP contribution is 2.15. The first-order valence-electron chi connectivity index (χ1n) is 3.17. The fraction of sp³-hybridized carbons (Fsp3) is 0.250. The molecule has 0 unspecified atom stereocenters. The number of hydrogen-bond donors (Lipinski definition) is 0. The van der Waals surface area contributed by atoms with Crippen molar-refractivity contribution < 1.29 is 4.79 Å². The molecular weight excluding hydrogens is 206 g/mol. The number of allylic oxidation sites excluding steroid dienone is 4. The Morgan fingerprint density at radius 2 is 2.36 bits per heavy atom. The Kier molecular flexibility index (Phi) is 2.61. The van der Waals surface area contributed by atoms with E-state index in [0.29, 0.717) is 11.8 Å². The van der Waals surface area contributed by atoms with Gasteiger partial charge in [0.25, 0.3) is 0 Å². The van der Waals surface area contributed by atoms with Gasteiger partial charge in [0.05, 0.1) is 5.57 Å². The minimum absolute atomic E-state index is 0.0792. The summed E-state index contributed by atoms with van der Waals surface area (Å²) in [4.78, 5) is 11.0. The van der Waals surface area contributed by atoms with Crippen molar-refractivity contribution in [3.05, 3.63) is 23.3 Å². The lowest BCUT2D eigenvalue weighted by Gasteiger charge is -2.05. The second kappa shape index (κ2) is 3.49. The molecule has 0 N–H and O–H groups in total. The molecule has 11 heavy (non-hydrogen) atoms. The largest absolute Gasteiger partial charge is 0.293 e. The fourth-order valence-electron chi connectivity index (χ4n) is 0.846. The van der Waals surface area contributed by atoms with E-state index in [1.54, 1.807) is 6.08 Å². The van der Waals surface area contributed by atoms with Gasteiger partial charge in [-0.3, -0.25) is 4.79 Å². The molecule has 0 fully saturated rings. The van der Waals surface area contributed by atoms with Gasteiger partial charge in [-0.15, -0.1) is 0 Å². The Morgan fingerprint density at radius 3 is 2.82 bits per heavy atom. The van der Waals surface area contributed by atoms with Crippen molar-refractivity contribution in [2.75, 3.05) is 5.33 Å². The highest BCUT2D eigenvalue weighted by molar-refractivity contribution is 9.09. The standard InChI is InChI=1S/C8H6BrNO/c9-4-6-1-2-7(5-10)8(11)3-6/h1-2H,3-4H2. The first-order chi connectivity index (χ1) is 5.27. The molecule has 0 radical (unpaired) electrons. The molecular formula is C8H6BrNO. The normalized spacial score (nSPS) is 16.9. The van der Waals surface area contributed by atoms with Crippen LogP contribution in [0.2, 0.25) is 0 Å². The van der Waals surface area contributed by atoms with E-state index in [2.05, 4.69) is 15.9 Å². The van der Waals surface area contributed by atoms with Gasteiger partial charge in [0.1, 0.15) is 6.07 Å². The van der Waals surface area contributed by atoms with Gasteiger partial charge in [-0.1, -0.05) is 27.6 Å². The molecule has 0 spiro atoms. The molecule has 0 aromatic carbocycles. The lowest BCUT2D eigenvalue weighted by molar-refractivity contribution is -0.114. The third kappa shape index (κ3) is 1.78. The van der Waals surface area contributed by atoms with Crippen LogP contribution in [0.3, 0.4) is 0 Å². The molecule has 0 atom stereocenters. The summed E-state index contributed by atoms with van der Waals surface area (Å²) in [6.07, 6.45) is 3.77. The van der Waals surface area contributed by atoms with E-state index in [0.717, 1.165) is 5.57 Å². The predicted molar refractivity (Wildman–Crippen MR) is 45.2 cm³/mol. The first kappa shape index (κ1) is 8.22. The van der Waals surface area contributed by atoms with Gasteiger partial charge >= 0.3 is 0 Å². The van der Waals surface area contributed by atoms with Gasteiger partial charge in [-0.25, -0.2) is 0 Å². The average molecular weight is 212 g/mol. The number of carbonyl (C=O) groups is 1. The van der Waals surface area contributed by atoms with Crippen LogP contribution in [-0.4, -0.2) is 11.1 Å². The van der Waals surface area contributed by atoms with Gasteiger partial charge in [-0.05, 0) is 6.08 Å². The molecule has 56 valence electrons. The van der Waals surface area contributed by atoms with Crippen molar-refractivity contribution in [1.29, 1.82) is 5.26 Å². The highest BCUT2D eigenvalue weighted by atomic mass is 79.9. The Labute approximate surface area is 73.3 Å². The zero-order chi connectivity index (χ0) is 8.27. The Balaban J connectivity index is 2.88. The molecule has 1 aliphatic rings. The number of hydrogen-bond acceptors (Lipinski definition) is 2. The third-order valence-electron chi connectivity index (χ3n) is 1.47. The number of ketones is 1. The van der Waals surface area contributed by atoms with E-state index >= 15 is 0 Å². The van der Waals surface area contributed by atoms with Crippen LogP contribution in [0.4, 0.5) is 0 Å². The maximum atomic E-state index is 11.0. The molecule has 0 saturated carbocycles. The topological polar surface area (TPSA) is 40.9 Å². The van der Waals surface area contributed by atoms with E-state index < -0.39 is 0 Å². The summed E-state index contributed by atoms with van der Waals surface area (Å²) < 4.78 is 0. The minimum atomic E-state index is -0.0792. The molecule has 1 aliphatic carbocycles. The van der Waals surface area contributed by atoms with E-state index in [1.165, 1.54) is 0 Å². The van der Waals surface area contributed by atoms with Gasteiger partial charge in [-0.2, -0.15) is 5.26 Å². The molecule has 0 bridgehead atoms. The average Bonchev–Trinajstić information content (AvgIpc) is 2.04. The number of alkyl halides is 1. The number of halogens is 1. The maximum absolute atomic E-state index is 11.0. The van der Waals surface area contributed by atoms with Crippen molar-refractivity contribution in [3.8, 4) is 6.07 Å². The molecule has 1 rings (SSSR count). The van der Waals surface area contributed by atoms with Crippen molar-refractivity contribution >= 4 is 21.7 Å². The van der Waals surface area contributed by atoms with Crippen LogP contribution in [0.25, 0.3) is 0 Å². The smallest absolute Gasteiger partial charge is 0.177 e. The van der Waals surface area contributed by atoms with E-state index in [-0.39, 0.29) is 11.4 Å². The molecule has 3 heteroatoms. The molecule has 0 aromatic rings. The molecule has 0 heterocycles. The maximum Gasteiger partial charge on any atom is 0.177 e. The van der Waals surface area contributed by atoms with Gasteiger partial charge < -0.3 is 0 Å². The number of Topliss-reactive ketones (excluding diaryl/α,β-unsaturated/α-hetero) is 1. The summed E-state index contributed by atoms with van der Waals surface area (Å²) in [7, 11) is 0. The zero-order valence-corrected chi connectivity index (χ0v) is 7.39. The van der Waals surface area contributed by atoms with E-state index in [9.17, 15) is 4.79 Å². The second-order valence-electron chi connectivity index (χ2n) is 2.25. The SMILES string of the molecule is N#CC1=CC=C(CBr)CC1=O. The van der Waals surface area contributed by atoms with Gasteiger partial charge in [0.2, 0.25) is 0 Å². The minimum Gasteiger partial charge on any atom is -0.293 e. The molecule has 2 nitrogen and oxygen atoms in total. The van der Waals surface area contributed by atoms with E-state index in [4.69, 9.17) is 5.26 Å². The Hall–Kier alpha value is -0.880. The summed E-state index contributed by atoms with van der Waals surface area (Å²) >= 11 is 3.25. The summed E-state index contributed by atoms with van der Waals surface area (Å²) in [5.74, 6) is -0.0792.